The Balaban J connectivity index is 3.53. The Bertz CT molecular complexity index is 433. The zero-order valence-corrected chi connectivity index (χ0v) is 23.1. The molecule has 0 aliphatic heterocycles. The molecule has 33 heavy (non-hydrogen) atoms. The number of ether oxygens (including phenoxy) is 1. The third kappa shape index (κ3) is 24.1. The molecule has 0 aromatic rings. The first-order chi connectivity index (χ1) is 16.1. The molecule has 3 nitrogen and oxygen atoms in total. The van der Waals surface area contributed by atoms with Crippen molar-refractivity contribution >= 4 is 5.97 Å². The van der Waals surface area contributed by atoms with E-state index in [2.05, 4.69) is 38.9 Å². The zero-order chi connectivity index (χ0) is 24.4. The van der Waals surface area contributed by atoms with Crippen LogP contribution in [0.2, 0.25) is 0 Å². The van der Waals surface area contributed by atoms with E-state index in [1.807, 2.05) is 6.08 Å². The van der Waals surface area contributed by atoms with Gasteiger partial charge in [-0.05, 0) is 46.2 Å². The van der Waals surface area contributed by atoms with Gasteiger partial charge >= 0.3 is 5.97 Å². The van der Waals surface area contributed by atoms with E-state index in [0.29, 0.717) is 13.0 Å². The minimum Gasteiger partial charge on any atom is -0.461 e. The predicted molar refractivity (Wildman–Crippen MR) is 146 cm³/mol. The number of esters is 1. The Labute approximate surface area is 208 Å². The highest BCUT2D eigenvalue weighted by atomic mass is 16.5. The van der Waals surface area contributed by atoms with Gasteiger partial charge in [0, 0.05) is 12.5 Å². The SMILES string of the molecule is CCCCCC/C=C\COC(=O)CCCCCCCCC(CCCCCCCCC)N(C)C. The van der Waals surface area contributed by atoms with Crippen molar-refractivity contribution in [3.8, 4) is 0 Å². The van der Waals surface area contributed by atoms with Crippen molar-refractivity contribution < 1.29 is 9.53 Å². The lowest BCUT2D eigenvalue weighted by Gasteiger charge is -2.24. The van der Waals surface area contributed by atoms with Crippen LogP contribution >= 0.6 is 0 Å². The van der Waals surface area contributed by atoms with E-state index in [-0.39, 0.29) is 5.97 Å². The molecule has 3 heteroatoms. The molecule has 0 heterocycles. The standard InChI is InChI=1S/C30H59NO2/c1-5-7-9-11-13-17-21-25-29(31(3)4)26-22-18-14-15-19-23-27-30(32)33-28-24-20-16-12-10-8-6-2/h20,24,29H,5-19,21-23,25-28H2,1-4H3/b24-20-. The van der Waals surface area contributed by atoms with Gasteiger partial charge < -0.3 is 9.64 Å². The van der Waals surface area contributed by atoms with E-state index < -0.39 is 0 Å². The smallest absolute Gasteiger partial charge is 0.306 e. The Morgan fingerprint density at radius 2 is 1.15 bits per heavy atom. The summed E-state index contributed by atoms with van der Waals surface area (Å²) in [4.78, 5) is 14.2. The molecule has 1 unspecified atom stereocenters. The number of carbonyl (C=O) groups excluding carboxylic acids is 1. The molecule has 196 valence electrons. The monoisotopic (exact) mass is 465 g/mol. The van der Waals surface area contributed by atoms with E-state index >= 15 is 0 Å². The largest absolute Gasteiger partial charge is 0.461 e. The molecular formula is C30H59NO2. The van der Waals surface area contributed by atoms with Gasteiger partial charge in [-0.1, -0.05) is 122 Å². The van der Waals surface area contributed by atoms with Crippen LogP contribution < -0.4 is 0 Å². The Hall–Kier alpha value is -0.830. The average Bonchev–Trinajstić information content (AvgIpc) is 2.80. The van der Waals surface area contributed by atoms with Gasteiger partial charge in [-0.2, -0.15) is 0 Å². The topological polar surface area (TPSA) is 29.5 Å². The second-order valence-electron chi connectivity index (χ2n) is 10.2. The number of hydrogen-bond acceptors (Lipinski definition) is 3. The molecule has 0 amide bonds. The first-order valence-electron chi connectivity index (χ1n) is 14.6. The van der Waals surface area contributed by atoms with Gasteiger partial charge in [0.1, 0.15) is 6.61 Å². The summed E-state index contributed by atoms with van der Waals surface area (Å²) in [6.45, 7) is 4.96. The Morgan fingerprint density at radius 1 is 0.667 bits per heavy atom. The van der Waals surface area contributed by atoms with E-state index in [0.717, 1.165) is 25.3 Å². The maximum atomic E-state index is 11.8. The van der Waals surface area contributed by atoms with E-state index in [1.54, 1.807) is 0 Å². The fourth-order valence-corrected chi connectivity index (χ4v) is 4.44. The fourth-order valence-electron chi connectivity index (χ4n) is 4.44. The number of allylic oxidation sites excluding steroid dienone is 1. The van der Waals surface area contributed by atoms with Crippen LogP contribution in [0.5, 0.6) is 0 Å². The number of nitrogens with zero attached hydrogens (tertiary/aromatic N) is 1. The van der Waals surface area contributed by atoms with Crippen LogP contribution in [0, 0.1) is 0 Å². The normalized spacial score (nSPS) is 12.6. The molecular weight excluding hydrogens is 406 g/mol. The Kier molecular flexibility index (Phi) is 25.1. The van der Waals surface area contributed by atoms with Gasteiger partial charge in [0.05, 0.1) is 0 Å². The molecule has 0 aromatic heterocycles. The highest BCUT2D eigenvalue weighted by Gasteiger charge is 2.10. The molecule has 0 rings (SSSR count). The third-order valence-corrected chi connectivity index (χ3v) is 6.77. The van der Waals surface area contributed by atoms with Crippen LogP contribution in [-0.2, 0) is 9.53 Å². The summed E-state index contributed by atoms with van der Waals surface area (Å²) < 4.78 is 5.30. The van der Waals surface area contributed by atoms with E-state index in [9.17, 15) is 4.79 Å². The third-order valence-electron chi connectivity index (χ3n) is 6.77. The summed E-state index contributed by atoms with van der Waals surface area (Å²) >= 11 is 0. The second-order valence-corrected chi connectivity index (χ2v) is 10.2. The van der Waals surface area contributed by atoms with E-state index in [1.165, 1.54) is 109 Å². The lowest BCUT2D eigenvalue weighted by molar-refractivity contribution is -0.142. The molecule has 0 saturated carbocycles. The van der Waals surface area contributed by atoms with Crippen LogP contribution in [0.25, 0.3) is 0 Å². The number of unbranched alkanes of at least 4 members (excludes halogenated alkanes) is 15. The van der Waals surface area contributed by atoms with Gasteiger partial charge in [-0.25, -0.2) is 0 Å². The van der Waals surface area contributed by atoms with Crippen molar-refractivity contribution in [1.82, 2.24) is 4.90 Å². The van der Waals surface area contributed by atoms with Crippen molar-refractivity contribution in [3.05, 3.63) is 12.2 Å². The summed E-state index contributed by atoms with van der Waals surface area (Å²) in [5.74, 6) is -0.0372. The quantitative estimate of drug-likeness (QED) is 0.0764. The molecule has 0 radical (unpaired) electrons. The van der Waals surface area contributed by atoms with Crippen molar-refractivity contribution in [2.45, 2.75) is 155 Å². The van der Waals surface area contributed by atoms with Crippen molar-refractivity contribution in [2.75, 3.05) is 20.7 Å². The molecule has 0 spiro atoms. The fraction of sp³-hybridized carbons (Fsp3) is 0.900. The lowest BCUT2D eigenvalue weighted by Crippen LogP contribution is -2.27. The summed E-state index contributed by atoms with van der Waals surface area (Å²) in [6.07, 6.45) is 30.8. The van der Waals surface area contributed by atoms with Crippen molar-refractivity contribution in [2.24, 2.45) is 0 Å². The maximum absolute atomic E-state index is 11.8. The molecule has 0 aliphatic carbocycles. The predicted octanol–water partition coefficient (Wildman–Crippen LogP) is 9.25. The number of carbonyl (C=O) groups is 1. The average molecular weight is 466 g/mol. The molecule has 0 saturated heterocycles. The second kappa shape index (κ2) is 25.8. The lowest BCUT2D eigenvalue weighted by atomic mass is 9.99. The zero-order valence-electron chi connectivity index (χ0n) is 23.1. The van der Waals surface area contributed by atoms with E-state index in [4.69, 9.17) is 4.74 Å². The molecule has 0 bridgehead atoms. The van der Waals surface area contributed by atoms with Gasteiger partial charge in [-0.15, -0.1) is 0 Å². The van der Waals surface area contributed by atoms with Gasteiger partial charge in [0.2, 0.25) is 0 Å². The molecule has 0 aromatic carbocycles. The van der Waals surface area contributed by atoms with Gasteiger partial charge in [-0.3, -0.25) is 4.79 Å². The van der Waals surface area contributed by atoms with Crippen LogP contribution in [0.3, 0.4) is 0 Å². The minimum absolute atomic E-state index is 0.0372. The van der Waals surface area contributed by atoms with Crippen molar-refractivity contribution in [1.29, 1.82) is 0 Å². The van der Waals surface area contributed by atoms with Crippen LogP contribution in [-0.4, -0.2) is 37.6 Å². The molecule has 0 aliphatic rings. The first-order valence-corrected chi connectivity index (χ1v) is 14.6. The molecule has 0 fully saturated rings. The van der Waals surface area contributed by atoms with Crippen molar-refractivity contribution in [3.63, 3.8) is 0 Å². The van der Waals surface area contributed by atoms with Gasteiger partial charge in [0.15, 0.2) is 0 Å². The molecule has 1 atom stereocenters. The summed E-state index contributed by atoms with van der Waals surface area (Å²) in [6, 6.07) is 0.751. The van der Waals surface area contributed by atoms with Crippen LogP contribution in [0.1, 0.15) is 149 Å². The van der Waals surface area contributed by atoms with Crippen LogP contribution in [0.4, 0.5) is 0 Å². The summed E-state index contributed by atoms with van der Waals surface area (Å²) in [5, 5.41) is 0. The Morgan fingerprint density at radius 3 is 1.70 bits per heavy atom. The summed E-state index contributed by atoms with van der Waals surface area (Å²) in [7, 11) is 4.49. The molecule has 0 N–H and O–H groups in total. The highest BCUT2D eigenvalue weighted by molar-refractivity contribution is 5.69. The van der Waals surface area contributed by atoms with Crippen LogP contribution in [0.15, 0.2) is 12.2 Å². The first kappa shape index (κ1) is 32.2. The number of hydrogen-bond donors (Lipinski definition) is 0. The number of rotatable bonds is 25. The highest BCUT2D eigenvalue weighted by Crippen LogP contribution is 2.17. The maximum Gasteiger partial charge on any atom is 0.306 e. The van der Waals surface area contributed by atoms with Gasteiger partial charge in [0.25, 0.3) is 0 Å². The summed E-state index contributed by atoms with van der Waals surface area (Å²) in [5.41, 5.74) is 0. The minimum atomic E-state index is -0.0372.